The van der Waals surface area contributed by atoms with Gasteiger partial charge in [-0.15, -0.1) is 0 Å². The molecule has 1 aliphatic rings. The van der Waals surface area contributed by atoms with Crippen molar-refractivity contribution >= 4 is 17.6 Å². The summed E-state index contributed by atoms with van der Waals surface area (Å²) in [4.78, 5) is 11.6. The zero-order valence-electron chi connectivity index (χ0n) is 12.7. The Bertz CT molecular complexity index is 334. The summed E-state index contributed by atoms with van der Waals surface area (Å²) in [5.41, 5.74) is -0.00452. The molecule has 0 unspecified atom stereocenters. The molecule has 0 heterocycles. The molecule has 1 aliphatic carbocycles. The highest BCUT2D eigenvalue weighted by molar-refractivity contribution is 6.29. The maximum absolute atomic E-state index is 11.6. The molecule has 0 amide bonds. The number of halogens is 1. The molecule has 0 radical (unpaired) electrons. The molecule has 2 nitrogen and oxygen atoms in total. The molecular weight excluding hydrogens is 260 g/mol. The van der Waals surface area contributed by atoms with Crippen LogP contribution in [0.5, 0.6) is 0 Å². The fourth-order valence-electron chi connectivity index (χ4n) is 2.74. The minimum Gasteiger partial charge on any atom is -0.469 e. The summed E-state index contributed by atoms with van der Waals surface area (Å²) in [6.45, 7) is 6.41. The first-order valence-corrected chi connectivity index (χ1v) is 7.77. The molecule has 0 aliphatic heterocycles. The lowest BCUT2D eigenvalue weighted by Gasteiger charge is -2.01. The summed E-state index contributed by atoms with van der Waals surface area (Å²) >= 11 is 6.28. The minimum atomic E-state index is -0.112. The lowest BCUT2D eigenvalue weighted by molar-refractivity contribution is -0.143. The third-order valence-electron chi connectivity index (χ3n) is 4.25. The molecule has 19 heavy (non-hydrogen) atoms. The van der Waals surface area contributed by atoms with Crippen molar-refractivity contribution in [2.24, 2.45) is 17.3 Å². The summed E-state index contributed by atoms with van der Waals surface area (Å²) in [5.74, 6) is 0.105. The molecule has 0 saturated heterocycles. The van der Waals surface area contributed by atoms with E-state index in [1.807, 2.05) is 0 Å². The number of carbonyl (C=O) groups is 1. The van der Waals surface area contributed by atoms with E-state index in [-0.39, 0.29) is 23.2 Å². The third-order valence-corrected chi connectivity index (χ3v) is 4.56. The van der Waals surface area contributed by atoms with Crippen LogP contribution in [0.25, 0.3) is 0 Å². The highest BCUT2D eigenvalue weighted by atomic mass is 35.5. The van der Waals surface area contributed by atoms with Crippen molar-refractivity contribution in [1.29, 1.82) is 0 Å². The van der Waals surface area contributed by atoms with Crippen LogP contribution < -0.4 is 0 Å². The lowest BCUT2D eigenvalue weighted by atomic mass is 10.1. The number of hydrogen-bond acceptors (Lipinski definition) is 2. The number of allylic oxidation sites excluding steroid dienone is 2. The maximum Gasteiger partial charge on any atom is 0.309 e. The van der Waals surface area contributed by atoms with Crippen LogP contribution >= 0.6 is 11.6 Å². The molecule has 110 valence electrons. The molecule has 1 rings (SSSR count). The van der Waals surface area contributed by atoms with Crippen molar-refractivity contribution in [2.45, 2.75) is 59.3 Å². The Morgan fingerprint density at radius 2 is 1.89 bits per heavy atom. The zero-order chi connectivity index (χ0) is 14.5. The Kier molecular flexibility index (Phi) is 6.38. The van der Waals surface area contributed by atoms with E-state index in [4.69, 9.17) is 16.3 Å². The van der Waals surface area contributed by atoms with Crippen molar-refractivity contribution in [3.05, 3.63) is 11.1 Å². The van der Waals surface area contributed by atoms with Crippen LogP contribution in [0, 0.1) is 17.3 Å². The number of methoxy groups -OCH3 is 1. The highest BCUT2D eigenvalue weighted by Gasteiger charge is 2.61. The second-order valence-corrected chi connectivity index (χ2v) is 6.61. The minimum absolute atomic E-state index is 0.00452. The van der Waals surface area contributed by atoms with Crippen LogP contribution in [0.1, 0.15) is 59.3 Å². The summed E-state index contributed by atoms with van der Waals surface area (Å²) < 4.78 is 4.84. The van der Waals surface area contributed by atoms with E-state index in [9.17, 15) is 4.79 Å². The van der Waals surface area contributed by atoms with Crippen LogP contribution in [0.2, 0.25) is 0 Å². The standard InChI is InChI=1S/C16H27ClO2/c1-5-6-7-8-9-10-12(17)11-13-14(15(18)19-4)16(13,2)3/h11,13-14H,5-10H2,1-4H3/b12-11-/t13-,14+/m1/s1. The van der Waals surface area contributed by atoms with Gasteiger partial charge in [0.15, 0.2) is 0 Å². The van der Waals surface area contributed by atoms with Crippen molar-refractivity contribution in [3.8, 4) is 0 Å². The lowest BCUT2D eigenvalue weighted by Crippen LogP contribution is -2.07. The van der Waals surface area contributed by atoms with E-state index < -0.39 is 0 Å². The predicted molar refractivity (Wildman–Crippen MR) is 80.1 cm³/mol. The van der Waals surface area contributed by atoms with Crippen molar-refractivity contribution in [1.82, 2.24) is 0 Å². The highest BCUT2D eigenvalue weighted by Crippen LogP contribution is 2.60. The Balaban J connectivity index is 2.36. The van der Waals surface area contributed by atoms with Gasteiger partial charge < -0.3 is 4.74 Å². The van der Waals surface area contributed by atoms with Crippen LogP contribution in [0.4, 0.5) is 0 Å². The summed E-state index contributed by atoms with van der Waals surface area (Å²) in [6.07, 6.45) is 9.26. The third kappa shape index (κ3) is 4.52. The van der Waals surface area contributed by atoms with Crippen molar-refractivity contribution in [3.63, 3.8) is 0 Å². The molecule has 1 saturated carbocycles. The number of esters is 1. The molecule has 0 N–H and O–H groups in total. The second-order valence-electron chi connectivity index (χ2n) is 6.13. The van der Waals surface area contributed by atoms with Gasteiger partial charge in [0.1, 0.15) is 0 Å². The number of carbonyl (C=O) groups excluding carboxylic acids is 1. The second kappa shape index (κ2) is 7.33. The van der Waals surface area contributed by atoms with Gasteiger partial charge in [0.25, 0.3) is 0 Å². The van der Waals surface area contributed by atoms with Gasteiger partial charge in [-0.1, -0.05) is 64.1 Å². The van der Waals surface area contributed by atoms with E-state index in [2.05, 4.69) is 26.8 Å². The van der Waals surface area contributed by atoms with Gasteiger partial charge in [0.05, 0.1) is 13.0 Å². The quantitative estimate of drug-likeness (QED) is 0.468. The first-order valence-electron chi connectivity index (χ1n) is 7.39. The summed E-state index contributed by atoms with van der Waals surface area (Å²) in [5, 5.41) is 0.904. The molecule has 0 bridgehead atoms. The van der Waals surface area contributed by atoms with Crippen LogP contribution in [0.15, 0.2) is 11.1 Å². The summed E-state index contributed by atoms with van der Waals surface area (Å²) in [6, 6.07) is 0. The average molecular weight is 287 g/mol. The molecule has 0 aromatic carbocycles. The van der Waals surface area contributed by atoms with Crippen LogP contribution in [0.3, 0.4) is 0 Å². The number of unbranched alkanes of at least 4 members (excludes halogenated alkanes) is 4. The smallest absolute Gasteiger partial charge is 0.309 e. The van der Waals surface area contributed by atoms with Gasteiger partial charge in [0.2, 0.25) is 0 Å². The molecule has 0 spiro atoms. The Morgan fingerprint density at radius 1 is 1.26 bits per heavy atom. The van der Waals surface area contributed by atoms with Gasteiger partial charge in [-0.3, -0.25) is 4.79 Å². The molecule has 2 atom stereocenters. The number of ether oxygens (including phenoxy) is 1. The predicted octanol–water partition coefficient (Wildman–Crippen LogP) is 4.91. The normalized spacial score (nSPS) is 25.2. The monoisotopic (exact) mass is 286 g/mol. The van der Waals surface area contributed by atoms with Crippen LogP contribution in [-0.4, -0.2) is 13.1 Å². The first kappa shape index (κ1) is 16.6. The molecule has 1 fully saturated rings. The van der Waals surface area contributed by atoms with Crippen molar-refractivity contribution in [2.75, 3.05) is 7.11 Å². The topological polar surface area (TPSA) is 26.3 Å². The fraction of sp³-hybridized carbons (Fsp3) is 0.812. The van der Waals surface area contributed by atoms with E-state index in [0.29, 0.717) is 0 Å². The van der Waals surface area contributed by atoms with Gasteiger partial charge in [-0.05, 0) is 24.2 Å². The van der Waals surface area contributed by atoms with E-state index in [0.717, 1.165) is 17.9 Å². The van der Waals surface area contributed by atoms with E-state index in [1.54, 1.807) is 0 Å². The van der Waals surface area contributed by atoms with Gasteiger partial charge in [-0.25, -0.2) is 0 Å². The molecule has 3 heteroatoms. The molecule has 0 aromatic heterocycles. The van der Waals surface area contributed by atoms with Gasteiger partial charge in [-0.2, -0.15) is 0 Å². The summed E-state index contributed by atoms with van der Waals surface area (Å²) in [7, 11) is 1.45. The SMILES string of the molecule is CCCCCCC/C(Cl)=C/[C@@H]1[C@@H](C(=O)OC)C1(C)C. The maximum atomic E-state index is 11.6. The van der Waals surface area contributed by atoms with Gasteiger partial charge in [0, 0.05) is 5.03 Å². The molecule has 0 aromatic rings. The van der Waals surface area contributed by atoms with E-state index >= 15 is 0 Å². The van der Waals surface area contributed by atoms with E-state index in [1.165, 1.54) is 32.8 Å². The Morgan fingerprint density at radius 3 is 2.47 bits per heavy atom. The number of hydrogen-bond donors (Lipinski definition) is 0. The fourth-order valence-corrected chi connectivity index (χ4v) is 3.01. The Hall–Kier alpha value is -0.500. The first-order chi connectivity index (χ1) is 8.95. The number of rotatable bonds is 8. The van der Waals surface area contributed by atoms with Crippen molar-refractivity contribution < 1.29 is 9.53 Å². The largest absolute Gasteiger partial charge is 0.469 e. The Labute approximate surface area is 122 Å². The average Bonchev–Trinajstić information content (AvgIpc) is 2.89. The van der Waals surface area contributed by atoms with Crippen LogP contribution in [-0.2, 0) is 9.53 Å². The zero-order valence-corrected chi connectivity index (χ0v) is 13.4. The van der Waals surface area contributed by atoms with Gasteiger partial charge >= 0.3 is 5.97 Å². The molecular formula is C16H27ClO2.